The van der Waals surface area contributed by atoms with Gasteiger partial charge in [-0.15, -0.1) is 0 Å². The zero-order chi connectivity index (χ0) is 97.0. The van der Waals surface area contributed by atoms with Crippen molar-refractivity contribution in [2.45, 2.75) is 222 Å². The van der Waals surface area contributed by atoms with Crippen LogP contribution in [0.5, 0.6) is 0 Å². The molecule has 6 aliphatic rings. The molecule has 6 N–H and O–H groups in total. The SMILES string of the molecule is C[C@@H]1OC(=O)N(C(=O)[C@H](Cc2ccccc2)NC(=O)OC(C)(C)C)[C@H]1C(=O)N[C@@H](Cc1ccccc1)C(=O)N1C(=O)O[C@@H](C)[C@@H]1C(=O)N[C@@H](Cc1ccccc1)C(=O)N1C(=O)O[C@@H](C)[C@@H]1C(=O)N[C@@H](Cc1ccccc1)C(=O)N1C(=O)O[C@@H](C)[C@@H]1C(=O)N[C@@H](Cc1ccccc1)C(=O)N1C(=O)O[C@@H](C)[C@@H]1C(=O)N[C@@H](Cc1ccccc1)C(=O)N1C(=O)O[C@@H](C)[C@@H]1C(=O)OCc1ccccc1. The Morgan fingerprint density at radius 3 is 0.630 bits per heavy atom. The number of hydrogen-bond acceptors (Lipinski definition) is 27. The summed E-state index contributed by atoms with van der Waals surface area (Å²) in [7, 11) is 0. The third-order valence-electron chi connectivity index (χ3n) is 23.2. The molecule has 0 spiro atoms. The topological polar surface area (TPSA) is 490 Å². The molecule has 0 saturated carbocycles. The second kappa shape index (κ2) is 42.2. The van der Waals surface area contributed by atoms with Gasteiger partial charge in [0.2, 0.25) is 29.5 Å². The molecule has 0 aromatic heterocycles. The molecular formula is C96H100N12O27. The van der Waals surface area contributed by atoms with Gasteiger partial charge in [0.25, 0.3) is 35.4 Å². The van der Waals surface area contributed by atoms with Crippen LogP contribution in [0, 0.1) is 0 Å². The minimum absolute atomic E-state index is 0.219. The normalized spacial score (nSPS) is 22.6. The van der Waals surface area contributed by atoms with E-state index < -0.39 is 254 Å². The molecular weight excluding hydrogens is 1750 g/mol. The molecule has 39 nitrogen and oxygen atoms in total. The fraction of sp³-hybridized carbons (Fsp3) is 0.365. The van der Waals surface area contributed by atoms with Gasteiger partial charge in [-0.3, -0.25) is 52.7 Å². The Kier molecular flexibility index (Phi) is 30.3. The van der Waals surface area contributed by atoms with Crippen LogP contribution in [0.15, 0.2) is 212 Å². The number of amides is 18. The average Bonchev–Trinajstić information content (AvgIpc) is 1.65. The zero-order valence-corrected chi connectivity index (χ0v) is 74.8. The molecule has 7 aromatic rings. The summed E-state index contributed by atoms with van der Waals surface area (Å²) in [6, 6.07) is 34.0. The molecule has 6 aliphatic heterocycles. The lowest BCUT2D eigenvalue weighted by Gasteiger charge is -2.31. The lowest BCUT2D eigenvalue weighted by Crippen LogP contribution is -2.63. The number of ether oxygens (including phenoxy) is 8. The summed E-state index contributed by atoms with van der Waals surface area (Å²) in [5.41, 5.74) is 1.81. The number of benzene rings is 7. The Balaban J connectivity index is 0.747. The molecule has 135 heavy (non-hydrogen) atoms. The first kappa shape index (κ1) is 96.8. The van der Waals surface area contributed by atoms with E-state index in [4.69, 9.17) is 37.9 Å². The predicted octanol–water partition coefficient (Wildman–Crippen LogP) is 5.92. The van der Waals surface area contributed by atoms with Gasteiger partial charge in [0.1, 0.15) is 85.1 Å². The average molecular weight is 1850 g/mol. The van der Waals surface area contributed by atoms with Crippen molar-refractivity contribution in [3.63, 3.8) is 0 Å². The van der Waals surface area contributed by atoms with E-state index in [0.29, 0.717) is 68.3 Å². The van der Waals surface area contributed by atoms with Crippen LogP contribution in [0.1, 0.15) is 101 Å². The van der Waals surface area contributed by atoms with Crippen molar-refractivity contribution in [3.05, 3.63) is 251 Å². The second-order valence-electron chi connectivity index (χ2n) is 34.2. The number of rotatable bonds is 32. The third-order valence-corrected chi connectivity index (χ3v) is 23.2. The van der Waals surface area contributed by atoms with Crippen molar-refractivity contribution < 1.29 is 129 Å². The largest absolute Gasteiger partial charge is 0.459 e. The Morgan fingerprint density at radius 2 is 0.437 bits per heavy atom. The van der Waals surface area contributed by atoms with E-state index in [1.165, 1.54) is 65.8 Å². The summed E-state index contributed by atoms with van der Waals surface area (Å²) >= 11 is 0. The summed E-state index contributed by atoms with van der Waals surface area (Å²) in [6.45, 7) is 12.1. The van der Waals surface area contributed by atoms with Gasteiger partial charge in [0.05, 0.1) is 0 Å². The standard InChI is InChI=1S/C96H100N12O27/c1-52-71(103(90(122)129-52)83(115)66(46-59-33-19-11-20-34-59)98-79(111)73-54(3)131-92(124)105(73)85(117)68(48-61-37-23-13-24-38-61)100-81(113)75-56(5)133-94(126)107(75)87(119)70(50-63-41-27-15-28-42-63)102-89(121)135-96(7,8)9)77(109)97-65(45-58-31-17-10-18-32-58)82(114)104-72(53(2)130-91(104)123)78(110)99-67(47-60-35-21-12-22-36-60)84(116)106-74(55(4)132-93(106)125)80(112)101-69(49-62-39-25-14-26-40-62)86(118)108-76(57(6)134-95(108)127)88(120)128-51-64-43-29-16-30-44-64/h10-44,52-57,65-76H,45-51H2,1-9H3,(H,97,109)(H,98,111)(H,99,110)(H,100,113)(H,101,112)(H,102,121)/t52-,53-,54-,55-,56-,57-,65-,66-,67-,68-,69-,70-,71+,72+,73+,74+,75+,76+/m0/s1. The molecule has 0 bridgehead atoms. The van der Waals surface area contributed by atoms with E-state index in [0.717, 1.165) is 0 Å². The maximum atomic E-state index is 15.7. The number of cyclic esters (lactones) is 6. The monoisotopic (exact) mass is 1850 g/mol. The molecule has 706 valence electrons. The molecule has 7 aromatic carbocycles. The molecule has 6 saturated heterocycles. The number of imide groups is 6. The van der Waals surface area contributed by atoms with Gasteiger partial charge < -0.3 is 69.8 Å². The minimum atomic E-state index is -2.07. The smallest absolute Gasteiger partial charge is 0.417 e. The minimum Gasteiger partial charge on any atom is -0.459 e. The van der Waals surface area contributed by atoms with E-state index in [9.17, 15) is 47.9 Å². The Hall–Kier alpha value is -15.7. The highest BCUT2D eigenvalue weighted by Gasteiger charge is 2.59. The fourth-order valence-corrected chi connectivity index (χ4v) is 16.8. The fourth-order valence-electron chi connectivity index (χ4n) is 16.8. The van der Waals surface area contributed by atoms with Crippen LogP contribution in [0.3, 0.4) is 0 Å². The van der Waals surface area contributed by atoms with Gasteiger partial charge in [0.15, 0.2) is 36.3 Å². The van der Waals surface area contributed by atoms with Crippen molar-refractivity contribution in [2.75, 3.05) is 0 Å². The van der Waals surface area contributed by atoms with E-state index in [-0.39, 0.29) is 19.4 Å². The van der Waals surface area contributed by atoms with Gasteiger partial charge in [-0.25, -0.2) is 67.8 Å². The quantitative estimate of drug-likeness (QED) is 0.0210. The molecule has 39 heteroatoms. The molecule has 6 heterocycles. The van der Waals surface area contributed by atoms with Crippen molar-refractivity contribution in [1.29, 1.82) is 0 Å². The number of nitrogens with zero attached hydrogens (tertiary/aromatic N) is 6. The van der Waals surface area contributed by atoms with Crippen LogP contribution in [0.25, 0.3) is 0 Å². The van der Waals surface area contributed by atoms with E-state index in [1.807, 2.05) is 0 Å². The summed E-state index contributed by atoms with van der Waals surface area (Å²) in [5.74, 6) is -14.8. The second-order valence-corrected chi connectivity index (χ2v) is 34.2. The van der Waals surface area contributed by atoms with Gasteiger partial charge in [0, 0.05) is 38.5 Å². The molecule has 6 fully saturated rings. The van der Waals surface area contributed by atoms with Crippen molar-refractivity contribution >= 4 is 114 Å². The van der Waals surface area contributed by atoms with Crippen LogP contribution in [-0.2, 0) is 141 Å². The Labute approximate surface area is 773 Å². The Morgan fingerprint density at radius 1 is 0.267 bits per heavy atom. The number of carbonyl (C=O) groups is 19. The molecule has 13 rings (SSSR count). The van der Waals surface area contributed by atoms with E-state index >= 15 is 43.2 Å². The van der Waals surface area contributed by atoms with E-state index in [1.54, 1.807) is 209 Å². The lowest BCUT2D eigenvalue weighted by molar-refractivity contribution is -0.154. The number of nitrogens with one attached hydrogen (secondary N) is 6. The maximum Gasteiger partial charge on any atom is 0.417 e. The number of esters is 1. The molecule has 0 unspecified atom stereocenters. The molecule has 0 radical (unpaired) electrons. The Bertz CT molecular complexity index is 5610. The first-order valence-electron chi connectivity index (χ1n) is 43.6. The van der Waals surface area contributed by atoms with Gasteiger partial charge in [-0.1, -0.05) is 212 Å². The number of hydrogen-bond donors (Lipinski definition) is 6. The summed E-state index contributed by atoms with van der Waals surface area (Å²) in [6.07, 6.45) is -20.7. The first-order chi connectivity index (χ1) is 64.4. The van der Waals surface area contributed by atoms with E-state index in [2.05, 4.69) is 31.9 Å². The van der Waals surface area contributed by atoms with Crippen LogP contribution in [-0.4, -0.2) is 258 Å². The summed E-state index contributed by atoms with van der Waals surface area (Å²) < 4.78 is 44.2. The maximum absolute atomic E-state index is 15.7. The highest BCUT2D eigenvalue weighted by Crippen LogP contribution is 2.32. The number of carbonyl (C=O) groups excluding carboxylic acids is 19. The zero-order valence-electron chi connectivity index (χ0n) is 74.8. The van der Waals surface area contributed by atoms with Crippen LogP contribution in [0.2, 0.25) is 0 Å². The van der Waals surface area contributed by atoms with Crippen LogP contribution in [0.4, 0.5) is 33.6 Å². The molecule has 0 aliphatic carbocycles. The third kappa shape index (κ3) is 22.6. The summed E-state index contributed by atoms with van der Waals surface area (Å²) in [5, 5.41) is 15.3. The first-order valence-corrected chi connectivity index (χ1v) is 43.6. The number of alkyl carbamates (subject to hydrolysis) is 1. The van der Waals surface area contributed by atoms with Gasteiger partial charge >= 0.3 is 48.6 Å². The highest BCUT2D eigenvalue weighted by atomic mass is 16.6. The van der Waals surface area contributed by atoms with Crippen LogP contribution < -0.4 is 31.9 Å². The van der Waals surface area contributed by atoms with Crippen molar-refractivity contribution in [2.24, 2.45) is 0 Å². The predicted molar refractivity (Wildman–Crippen MR) is 469 cm³/mol. The van der Waals surface area contributed by atoms with Crippen LogP contribution >= 0.6 is 0 Å². The lowest BCUT2D eigenvalue weighted by atomic mass is 10.00. The highest BCUT2D eigenvalue weighted by molar-refractivity contribution is 6.11. The van der Waals surface area contributed by atoms with Gasteiger partial charge in [-0.2, -0.15) is 0 Å². The molecule has 18 amide bonds. The molecule has 18 atom stereocenters. The van der Waals surface area contributed by atoms with Crippen molar-refractivity contribution in [1.82, 2.24) is 61.3 Å². The summed E-state index contributed by atoms with van der Waals surface area (Å²) in [4.78, 5) is 283. The van der Waals surface area contributed by atoms with Crippen molar-refractivity contribution in [3.8, 4) is 0 Å². The van der Waals surface area contributed by atoms with Gasteiger partial charge in [-0.05, 0) is 101 Å².